The molecule has 1 fully saturated rings. The van der Waals surface area contributed by atoms with Crippen LogP contribution >= 0.6 is 0 Å². The molecule has 7 nitrogen and oxygen atoms in total. The summed E-state index contributed by atoms with van der Waals surface area (Å²) >= 11 is 0. The zero-order chi connectivity index (χ0) is 12.7. The molecule has 1 atom stereocenters. The van der Waals surface area contributed by atoms with Gasteiger partial charge in [-0.2, -0.15) is 0 Å². The Morgan fingerprint density at radius 1 is 1.24 bits per heavy atom. The summed E-state index contributed by atoms with van der Waals surface area (Å²) in [6.45, 7) is 3.18. The average molecular weight is 245 g/mol. The molecule has 1 aliphatic heterocycles. The summed E-state index contributed by atoms with van der Waals surface area (Å²) in [4.78, 5) is 23.7. The number of rotatable bonds is 6. The summed E-state index contributed by atoms with van der Waals surface area (Å²) in [5, 5.41) is 22.2. The molecule has 17 heavy (non-hydrogen) atoms. The van der Waals surface area contributed by atoms with Crippen molar-refractivity contribution in [1.29, 1.82) is 0 Å². The lowest BCUT2D eigenvalue weighted by Crippen LogP contribution is -2.44. The van der Waals surface area contributed by atoms with E-state index in [2.05, 4.69) is 15.5 Å². The lowest BCUT2D eigenvalue weighted by Gasteiger charge is -2.15. The molecule has 0 radical (unpaired) electrons. The predicted octanol–water partition coefficient (Wildman–Crippen LogP) is -1.17. The molecule has 0 aromatic heterocycles. The van der Waals surface area contributed by atoms with Gasteiger partial charge in [-0.3, -0.25) is 0 Å². The van der Waals surface area contributed by atoms with E-state index in [1.807, 2.05) is 0 Å². The molecule has 4 N–H and O–H groups in total. The van der Waals surface area contributed by atoms with Gasteiger partial charge in [0, 0.05) is 13.1 Å². The highest BCUT2D eigenvalue weighted by Gasteiger charge is 2.14. The minimum atomic E-state index is -1.56. The third kappa shape index (κ3) is 5.50. The molecule has 1 rings (SSSR count). The van der Waals surface area contributed by atoms with Crippen molar-refractivity contribution in [3.63, 3.8) is 0 Å². The van der Waals surface area contributed by atoms with Crippen LogP contribution < -0.4 is 10.6 Å². The van der Waals surface area contributed by atoms with Crippen molar-refractivity contribution >= 4 is 12.0 Å². The molecule has 2 amide bonds. The highest BCUT2D eigenvalue weighted by atomic mass is 16.4. The number of aliphatic carboxylic acids is 1. The second kappa shape index (κ2) is 7.08. The number of amides is 2. The number of hydrogen-bond donors (Lipinski definition) is 4. The number of nitrogens with one attached hydrogen (secondary N) is 2. The fraction of sp³-hybridized carbons (Fsp3) is 0.800. The molecular weight excluding hydrogens is 226 g/mol. The fourth-order valence-electron chi connectivity index (χ4n) is 1.67. The second-order valence-electron chi connectivity index (χ2n) is 4.04. The number of aliphatic hydroxyl groups is 1. The Balaban J connectivity index is 2.02. The number of carboxylic acids is 1. The predicted molar refractivity (Wildman–Crippen MR) is 60.7 cm³/mol. The molecule has 1 saturated heterocycles. The van der Waals surface area contributed by atoms with Crippen molar-refractivity contribution in [3.8, 4) is 0 Å². The summed E-state index contributed by atoms with van der Waals surface area (Å²) in [6, 6.07) is -0.454. The summed E-state index contributed by atoms with van der Waals surface area (Å²) in [7, 11) is 0. The minimum Gasteiger partial charge on any atom is -0.479 e. The van der Waals surface area contributed by atoms with Gasteiger partial charge in [-0.25, -0.2) is 9.59 Å². The van der Waals surface area contributed by atoms with Crippen LogP contribution in [0.1, 0.15) is 12.8 Å². The first kappa shape index (κ1) is 13.7. The second-order valence-corrected chi connectivity index (χ2v) is 4.04. The number of urea groups is 1. The monoisotopic (exact) mass is 245 g/mol. The summed E-state index contributed by atoms with van der Waals surface area (Å²) in [5.41, 5.74) is 0. The molecule has 0 aliphatic carbocycles. The Bertz CT molecular complexity index is 266. The van der Waals surface area contributed by atoms with E-state index in [-0.39, 0.29) is 6.54 Å². The molecule has 98 valence electrons. The largest absolute Gasteiger partial charge is 0.479 e. The number of hydrogen-bond acceptors (Lipinski definition) is 4. The van der Waals surface area contributed by atoms with E-state index in [1.165, 1.54) is 12.8 Å². The van der Waals surface area contributed by atoms with Crippen molar-refractivity contribution in [2.75, 3.05) is 32.7 Å². The molecule has 1 aliphatic rings. The highest BCUT2D eigenvalue weighted by Crippen LogP contribution is 2.05. The van der Waals surface area contributed by atoms with Gasteiger partial charge in [0.1, 0.15) is 0 Å². The fourth-order valence-corrected chi connectivity index (χ4v) is 1.67. The van der Waals surface area contributed by atoms with Crippen LogP contribution in [0.2, 0.25) is 0 Å². The third-order valence-corrected chi connectivity index (χ3v) is 2.65. The molecular formula is C10H19N3O4. The summed E-state index contributed by atoms with van der Waals surface area (Å²) in [5.74, 6) is -1.35. The Morgan fingerprint density at radius 3 is 2.47 bits per heavy atom. The maximum atomic E-state index is 11.2. The van der Waals surface area contributed by atoms with Gasteiger partial charge in [-0.1, -0.05) is 0 Å². The van der Waals surface area contributed by atoms with Gasteiger partial charge in [0.25, 0.3) is 0 Å². The van der Waals surface area contributed by atoms with E-state index in [0.29, 0.717) is 6.54 Å². The van der Waals surface area contributed by atoms with E-state index in [0.717, 1.165) is 19.6 Å². The van der Waals surface area contributed by atoms with Gasteiger partial charge in [0.15, 0.2) is 6.10 Å². The number of carbonyl (C=O) groups is 2. The maximum Gasteiger partial charge on any atom is 0.334 e. The average Bonchev–Trinajstić information content (AvgIpc) is 2.78. The van der Waals surface area contributed by atoms with Crippen LogP contribution in [0.4, 0.5) is 4.79 Å². The first-order chi connectivity index (χ1) is 8.09. The van der Waals surface area contributed by atoms with Crippen molar-refractivity contribution in [3.05, 3.63) is 0 Å². The van der Waals surface area contributed by atoms with Gasteiger partial charge in [-0.05, 0) is 25.9 Å². The Hall–Kier alpha value is -1.34. The zero-order valence-corrected chi connectivity index (χ0v) is 9.69. The quantitative estimate of drug-likeness (QED) is 0.472. The summed E-state index contributed by atoms with van der Waals surface area (Å²) < 4.78 is 0. The smallest absolute Gasteiger partial charge is 0.334 e. The molecule has 0 aromatic carbocycles. The van der Waals surface area contributed by atoms with Crippen LogP contribution in [0.5, 0.6) is 0 Å². The SMILES string of the molecule is O=C(NCCN1CCCC1)NC[C@H](O)C(=O)O. The molecule has 0 aromatic rings. The van der Waals surface area contributed by atoms with Gasteiger partial charge < -0.3 is 25.7 Å². The number of carbonyl (C=O) groups excluding carboxylic acids is 1. The maximum absolute atomic E-state index is 11.2. The van der Waals surface area contributed by atoms with E-state index < -0.39 is 18.1 Å². The molecule has 0 unspecified atom stereocenters. The van der Waals surface area contributed by atoms with E-state index >= 15 is 0 Å². The third-order valence-electron chi connectivity index (χ3n) is 2.65. The van der Waals surface area contributed by atoms with Crippen molar-refractivity contribution in [2.24, 2.45) is 0 Å². The van der Waals surface area contributed by atoms with Gasteiger partial charge in [0.2, 0.25) is 0 Å². The highest BCUT2D eigenvalue weighted by molar-refractivity contribution is 5.76. The van der Waals surface area contributed by atoms with Gasteiger partial charge in [0.05, 0.1) is 6.54 Å². The number of nitrogens with zero attached hydrogens (tertiary/aromatic N) is 1. The van der Waals surface area contributed by atoms with Crippen LogP contribution in [0.15, 0.2) is 0 Å². The van der Waals surface area contributed by atoms with Crippen LogP contribution in [0.25, 0.3) is 0 Å². The minimum absolute atomic E-state index is 0.287. The van der Waals surface area contributed by atoms with Crippen LogP contribution in [0.3, 0.4) is 0 Å². The molecule has 7 heteroatoms. The van der Waals surface area contributed by atoms with Crippen molar-refractivity contribution < 1.29 is 19.8 Å². The number of aliphatic hydroxyl groups excluding tert-OH is 1. The molecule has 0 spiro atoms. The van der Waals surface area contributed by atoms with Gasteiger partial charge in [-0.15, -0.1) is 0 Å². The lowest BCUT2D eigenvalue weighted by molar-refractivity contribution is -0.146. The zero-order valence-electron chi connectivity index (χ0n) is 9.69. The summed E-state index contributed by atoms with van der Waals surface area (Å²) in [6.07, 6.45) is 0.855. The van der Waals surface area contributed by atoms with Gasteiger partial charge >= 0.3 is 12.0 Å². The topological polar surface area (TPSA) is 102 Å². The molecule has 1 heterocycles. The molecule has 0 saturated carbocycles. The first-order valence-electron chi connectivity index (χ1n) is 5.74. The lowest BCUT2D eigenvalue weighted by atomic mass is 10.4. The Labute approximate surface area is 99.8 Å². The molecule has 0 bridgehead atoms. The Kier molecular flexibility index (Phi) is 5.71. The number of likely N-dealkylation sites (tertiary alicyclic amines) is 1. The number of carboxylic acid groups (broad SMARTS) is 1. The van der Waals surface area contributed by atoms with E-state index in [9.17, 15) is 9.59 Å². The van der Waals surface area contributed by atoms with E-state index in [1.54, 1.807) is 0 Å². The van der Waals surface area contributed by atoms with Crippen LogP contribution in [-0.2, 0) is 4.79 Å². The normalized spacial score (nSPS) is 17.7. The standard InChI is InChI=1S/C10H19N3O4/c14-8(9(15)16)7-12-10(17)11-3-6-13-4-1-2-5-13/h8,14H,1-7H2,(H,15,16)(H2,11,12,17)/t8-/m0/s1. The van der Waals surface area contributed by atoms with Crippen molar-refractivity contribution in [1.82, 2.24) is 15.5 Å². The first-order valence-corrected chi connectivity index (χ1v) is 5.74. The van der Waals surface area contributed by atoms with Crippen LogP contribution in [0, 0.1) is 0 Å². The van der Waals surface area contributed by atoms with Crippen molar-refractivity contribution in [2.45, 2.75) is 18.9 Å². The van der Waals surface area contributed by atoms with E-state index in [4.69, 9.17) is 10.2 Å². The van der Waals surface area contributed by atoms with Crippen LogP contribution in [-0.4, -0.2) is 65.9 Å². The Morgan fingerprint density at radius 2 is 1.88 bits per heavy atom.